The maximum atomic E-state index is 6.01. The zero-order chi connectivity index (χ0) is 13.7. The fraction of sp³-hybridized carbons (Fsp3) is 0.167. The first-order valence-corrected chi connectivity index (χ1v) is 5.95. The van der Waals surface area contributed by atoms with Crippen molar-refractivity contribution in [3.8, 4) is 5.75 Å². The second kappa shape index (κ2) is 7.95. The van der Waals surface area contributed by atoms with Crippen LogP contribution in [0.3, 0.4) is 0 Å². The third-order valence-corrected chi connectivity index (χ3v) is 2.70. The predicted octanol–water partition coefficient (Wildman–Crippen LogP) is 2.62. The van der Waals surface area contributed by atoms with Crippen LogP contribution in [0.1, 0.15) is 5.69 Å². The van der Waals surface area contributed by atoms with Gasteiger partial charge in [0.25, 0.3) is 0 Å². The summed E-state index contributed by atoms with van der Waals surface area (Å²) in [6.45, 7) is 0.433. The van der Waals surface area contributed by atoms with Gasteiger partial charge in [-0.1, -0.05) is 11.6 Å². The molecule has 0 aliphatic rings. The summed E-state index contributed by atoms with van der Waals surface area (Å²) in [5.74, 6) is 0.913. The Morgan fingerprint density at radius 2 is 2.30 bits per heavy atom. The van der Waals surface area contributed by atoms with E-state index in [2.05, 4.69) is 20.5 Å². The third-order valence-electron chi connectivity index (χ3n) is 2.40. The van der Waals surface area contributed by atoms with Crippen molar-refractivity contribution < 1.29 is 4.74 Å². The lowest BCUT2D eigenvalue weighted by molar-refractivity contribution is 0.415. The number of aromatic amines is 1. The van der Waals surface area contributed by atoms with Gasteiger partial charge in [-0.15, -0.1) is 24.0 Å². The molecular formula is C12H15ClIN5O. The van der Waals surface area contributed by atoms with Crippen LogP contribution in [0.25, 0.3) is 0 Å². The molecule has 20 heavy (non-hydrogen) atoms. The molecule has 0 aliphatic heterocycles. The molecule has 0 aliphatic carbocycles. The molecule has 108 valence electrons. The van der Waals surface area contributed by atoms with Gasteiger partial charge in [-0.2, -0.15) is 5.10 Å². The van der Waals surface area contributed by atoms with Gasteiger partial charge in [0, 0.05) is 11.9 Å². The Bertz CT molecular complexity index is 573. The summed E-state index contributed by atoms with van der Waals surface area (Å²) < 4.78 is 5.07. The quantitative estimate of drug-likeness (QED) is 0.413. The molecule has 1 heterocycles. The summed E-state index contributed by atoms with van der Waals surface area (Å²) in [6.07, 6.45) is 1.66. The number of ether oxygens (including phenoxy) is 1. The number of methoxy groups -OCH3 is 1. The van der Waals surface area contributed by atoms with E-state index < -0.39 is 0 Å². The van der Waals surface area contributed by atoms with Crippen molar-refractivity contribution >= 4 is 47.2 Å². The number of rotatable bonds is 4. The maximum absolute atomic E-state index is 6.01. The molecule has 0 bridgehead atoms. The molecule has 2 rings (SSSR count). The summed E-state index contributed by atoms with van der Waals surface area (Å²) in [4.78, 5) is 4.17. The van der Waals surface area contributed by atoms with Gasteiger partial charge < -0.3 is 15.8 Å². The molecule has 0 saturated carbocycles. The van der Waals surface area contributed by atoms with Crippen LogP contribution >= 0.6 is 35.6 Å². The van der Waals surface area contributed by atoms with Crippen molar-refractivity contribution in [3.63, 3.8) is 0 Å². The number of anilines is 1. The highest BCUT2D eigenvalue weighted by Crippen LogP contribution is 2.26. The summed E-state index contributed by atoms with van der Waals surface area (Å²) >= 11 is 6.01. The molecule has 0 unspecified atom stereocenters. The fourth-order valence-corrected chi connectivity index (χ4v) is 1.73. The molecule has 1 aromatic carbocycles. The summed E-state index contributed by atoms with van der Waals surface area (Å²) in [5, 5.41) is 10.1. The second-order valence-electron chi connectivity index (χ2n) is 3.76. The Morgan fingerprint density at radius 1 is 1.50 bits per heavy atom. The minimum atomic E-state index is 0. The largest absolute Gasteiger partial charge is 0.495 e. The number of nitrogens with one attached hydrogen (secondary N) is 2. The first-order chi connectivity index (χ1) is 9.19. The zero-order valence-corrected chi connectivity index (χ0v) is 13.8. The first-order valence-electron chi connectivity index (χ1n) is 5.58. The van der Waals surface area contributed by atoms with E-state index >= 15 is 0 Å². The van der Waals surface area contributed by atoms with Crippen LogP contribution in [0.5, 0.6) is 5.75 Å². The van der Waals surface area contributed by atoms with Crippen LogP contribution in [0.15, 0.2) is 35.5 Å². The second-order valence-corrected chi connectivity index (χ2v) is 4.16. The Kier molecular flexibility index (Phi) is 6.59. The molecule has 0 radical (unpaired) electrons. The van der Waals surface area contributed by atoms with Crippen molar-refractivity contribution in [2.75, 3.05) is 12.4 Å². The highest BCUT2D eigenvalue weighted by Gasteiger charge is 2.02. The van der Waals surface area contributed by atoms with Gasteiger partial charge in [-0.3, -0.25) is 5.10 Å². The summed E-state index contributed by atoms with van der Waals surface area (Å²) in [5.41, 5.74) is 7.41. The van der Waals surface area contributed by atoms with Crippen LogP contribution in [0, 0.1) is 0 Å². The van der Waals surface area contributed by atoms with Gasteiger partial charge in [0.05, 0.1) is 24.4 Å². The first kappa shape index (κ1) is 16.6. The monoisotopic (exact) mass is 407 g/mol. The molecule has 2 aromatic rings. The Morgan fingerprint density at radius 3 is 2.90 bits per heavy atom. The molecule has 0 fully saturated rings. The Hall–Kier alpha value is -1.48. The molecule has 6 nitrogen and oxygen atoms in total. The number of hydrogen-bond acceptors (Lipinski definition) is 3. The van der Waals surface area contributed by atoms with Crippen LogP contribution in [-0.4, -0.2) is 23.3 Å². The molecule has 0 spiro atoms. The molecule has 8 heteroatoms. The zero-order valence-electron chi connectivity index (χ0n) is 10.8. The van der Waals surface area contributed by atoms with Gasteiger partial charge in [-0.05, 0) is 24.3 Å². The molecular weight excluding hydrogens is 393 g/mol. The number of benzene rings is 1. The van der Waals surface area contributed by atoms with E-state index in [0.29, 0.717) is 23.3 Å². The molecule has 0 atom stereocenters. The average molecular weight is 408 g/mol. The van der Waals surface area contributed by atoms with E-state index in [-0.39, 0.29) is 24.0 Å². The van der Waals surface area contributed by atoms with Gasteiger partial charge >= 0.3 is 0 Å². The number of hydrogen-bond donors (Lipinski definition) is 3. The smallest absolute Gasteiger partial charge is 0.193 e. The number of halogens is 2. The number of guanidine groups is 1. The molecule has 0 amide bonds. The van der Waals surface area contributed by atoms with Gasteiger partial charge in [-0.25, -0.2) is 4.99 Å². The molecule has 1 aromatic heterocycles. The number of nitrogens with zero attached hydrogens (tertiary/aromatic N) is 2. The number of H-pyrrole nitrogens is 1. The lowest BCUT2D eigenvalue weighted by Gasteiger charge is -2.08. The van der Waals surface area contributed by atoms with E-state index in [9.17, 15) is 0 Å². The van der Waals surface area contributed by atoms with Crippen molar-refractivity contribution in [2.24, 2.45) is 10.7 Å². The van der Waals surface area contributed by atoms with Gasteiger partial charge in [0.1, 0.15) is 5.75 Å². The standard InChI is InChI=1S/C12H14ClN5O.HI/c1-19-11-3-2-8(6-10(11)13)17-12(14)15-7-9-4-5-16-18-9;/h2-6H,7H2,1H3,(H,16,18)(H3,14,15,17);1H. The van der Waals surface area contributed by atoms with Crippen molar-refractivity contribution in [3.05, 3.63) is 41.2 Å². The van der Waals surface area contributed by atoms with Crippen LogP contribution < -0.4 is 15.8 Å². The van der Waals surface area contributed by atoms with Gasteiger partial charge in [0.2, 0.25) is 0 Å². The van der Waals surface area contributed by atoms with E-state index in [4.69, 9.17) is 22.1 Å². The molecule has 4 N–H and O–H groups in total. The average Bonchev–Trinajstić information content (AvgIpc) is 2.90. The minimum absolute atomic E-state index is 0. The number of nitrogens with two attached hydrogens (primary N) is 1. The topological polar surface area (TPSA) is 88.3 Å². The molecule has 0 saturated heterocycles. The SMILES string of the molecule is COc1ccc(NC(N)=NCc2ccn[nH]2)cc1Cl.I. The van der Waals surface area contributed by atoms with E-state index in [0.717, 1.165) is 11.4 Å². The normalized spacial score (nSPS) is 10.8. The fourth-order valence-electron chi connectivity index (χ4n) is 1.47. The summed E-state index contributed by atoms with van der Waals surface area (Å²) in [7, 11) is 1.56. The van der Waals surface area contributed by atoms with E-state index in [1.165, 1.54) is 0 Å². The van der Waals surface area contributed by atoms with Crippen LogP contribution in [-0.2, 0) is 6.54 Å². The lowest BCUT2D eigenvalue weighted by atomic mass is 10.3. The minimum Gasteiger partial charge on any atom is -0.495 e. The highest BCUT2D eigenvalue weighted by molar-refractivity contribution is 14.0. The van der Waals surface area contributed by atoms with Crippen molar-refractivity contribution in [2.45, 2.75) is 6.54 Å². The lowest BCUT2D eigenvalue weighted by Crippen LogP contribution is -2.22. The number of aliphatic imine (C=N–C) groups is 1. The van der Waals surface area contributed by atoms with Gasteiger partial charge in [0.15, 0.2) is 5.96 Å². The predicted molar refractivity (Wildman–Crippen MR) is 91.0 cm³/mol. The maximum Gasteiger partial charge on any atom is 0.193 e. The number of aromatic nitrogens is 2. The summed E-state index contributed by atoms with van der Waals surface area (Å²) in [6, 6.07) is 7.12. The van der Waals surface area contributed by atoms with Crippen molar-refractivity contribution in [1.82, 2.24) is 10.2 Å². The van der Waals surface area contributed by atoms with Crippen molar-refractivity contribution in [1.29, 1.82) is 0 Å². The third kappa shape index (κ3) is 4.57. The van der Waals surface area contributed by atoms with E-state index in [1.54, 1.807) is 25.4 Å². The van der Waals surface area contributed by atoms with Crippen LogP contribution in [0.2, 0.25) is 5.02 Å². The highest BCUT2D eigenvalue weighted by atomic mass is 127. The Balaban J connectivity index is 0.00000200. The Labute approximate surface area is 138 Å². The van der Waals surface area contributed by atoms with E-state index in [1.807, 2.05) is 12.1 Å². The van der Waals surface area contributed by atoms with Crippen LogP contribution in [0.4, 0.5) is 5.69 Å².